The molecule has 1 amide bonds. The highest BCUT2D eigenvalue weighted by Crippen LogP contribution is 2.17. The van der Waals surface area contributed by atoms with E-state index in [4.69, 9.17) is 5.26 Å². The maximum atomic E-state index is 12.0. The molecule has 0 spiro atoms. The first-order chi connectivity index (χ1) is 9.06. The Kier molecular flexibility index (Phi) is 6.30. The summed E-state index contributed by atoms with van der Waals surface area (Å²) in [6, 6.07) is 1.43. The summed E-state index contributed by atoms with van der Waals surface area (Å²) in [7, 11) is 1.65. The summed E-state index contributed by atoms with van der Waals surface area (Å²) in [4.78, 5) is 26.5. The van der Waals surface area contributed by atoms with Crippen molar-refractivity contribution in [1.29, 1.82) is 5.26 Å². The van der Waals surface area contributed by atoms with E-state index in [0.29, 0.717) is 25.9 Å². The van der Waals surface area contributed by atoms with Gasteiger partial charge < -0.3 is 10.0 Å². The minimum absolute atomic E-state index is 0.122. The van der Waals surface area contributed by atoms with Crippen LogP contribution in [0.3, 0.4) is 0 Å². The number of amides is 1. The van der Waals surface area contributed by atoms with Crippen molar-refractivity contribution in [3.8, 4) is 6.07 Å². The number of likely N-dealkylation sites (N-methyl/N-ethyl adjacent to an activating group) is 1. The fourth-order valence-corrected chi connectivity index (χ4v) is 2.27. The molecule has 1 fully saturated rings. The number of likely N-dealkylation sites (tertiary alicyclic amines) is 1. The van der Waals surface area contributed by atoms with Gasteiger partial charge in [0.1, 0.15) is 6.04 Å². The molecule has 0 aromatic rings. The Morgan fingerprint density at radius 2 is 2.16 bits per heavy atom. The zero-order valence-corrected chi connectivity index (χ0v) is 11.3. The first-order valence-electron chi connectivity index (χ1n) is 6.64. The minimum Gasteiger partial charge on any atom is -0.480 e. The number of rotatable bonds is 5. The Morgan fingerprint density at radius 1 is 1.42 bits per heavy atom. The Balaban J connectivity index is 2.58. The highest BCUT2D eigenvalue weighted by molar-refractivity contribution is 5.79. The van der Waals surface area contributed by atoms with E-state index in [1.807, 2.05) is 6.07 Å². The summed E-state index contributed by atoms with van der Waals surface area (Å²) in [5.41, 5.74) is 0. The maximum absolute atomic E-state index is 12.0. The van der Waals surface area contributed by atoms with Crippen LogP contribution in [0.2, 0.25) is 0 Å². The van der Waals surface area contributed by atoms with Crippen molar-refractivity contribution in [1.82, 2.24) is 9.80 Å². The molecule has 1 unspecified atom stereocenters. The molecule has 1 aliphatic rings. The van der Waals surface area contributed by atoms with Gasteiger partial charge in [0.05, 0.1) is 19.0 Å². The third-order valence-corrected chi connectivity index (χ3v) is 3.47. The van der Waals surface area contributed by atoms with Gasteiger partial charge >= 0.3 is 5.97 Å². The van der Waals surface area contributed by atoms with Crippen molar-refractivity contribution in [2.45, 2.75) is 38.1 Å². The summed E-state index contributed by atoms with van der Waals surface area (Å²) >= 11 is 0. The Hall–Kier alpha value is -1.61. The van der Waals surface area contributed by atoms with E-state index in [-0.39, 0.29) is 12.5 Å². The lowest BCUT2D eigenvalue weighted by molar-refractivity contribution is -0.144. The predicted molar refractivity (Wildman–Crippen MR) is 69.3 cm³/mol. The fourth-order valence-electron chi connectivity index (χ4n) is 2.27. The number of nitriles is 1. The SMILES string of the molecule is CN(CCC#N)C(=O)CN1CCCCCC1C(=O)O. The Labute approximate surface area is 113 Å². The van der Waals surface area contributed by atoms with Crippen molar-refractivity contribution < 1.29 is 14.7 Å². The molecule has 106 valence electrons. The van der Waals surface area contributed by atoms with Gasteiger partial charge in [-0.15, -0.1) is 0 Å². The van der Waals surface area contributed by atoms with Crippen LogP contribution in [0.1, 0.15) is 32.1 Å². The largest absolute Gasteiger partial charge is 0.480 e. The number of carboxylic acids is 1. The number of hydrogen-bond acceptors (Lipinski definition) is 4. The molecule has 1 atom stereocenters. The number of carboxylic acid groups (broad SMARTS) is 1. The highest BCUT2D eigenvalue weighted by Gasteiger charge is 2.29. The number of hydrogen-bond donors (Lipinski definition) is 1. The molecule has 0 radical (unpaired) electrons. The van der Waals surface area contributed by atoms with Crippen LogP contribution < -0.4 is 0 Å². The van der Waals surface area contributed by atoms with Crippen LogP contribution in [0.15, 0.2) is 0 Å². The lowest BCUT2D eigenvalue weighted by Crippen LogP contribution is -2.46. The van der Waals surface area contributed by atoms with E-state index in [9.17, 15) is 14.7 Å². The second kappa shape index (κ2) is 7.74. The van der Waals surface area contributed by atoms with Crippen LogP contribution in [-0.4, -0.2) is 59.5 Å². The van der Waals surface area contributed by atoms with Gasteiger partial charge in [0.2, 0.25) is 5.91 Å². The molecule has 1 aliphatic heterocycles. The van der Waals surface area contributed by atoms with Gasteiger partial charge in [-0.1, -0.05) is 12.8 Å². The van der Waals surface area contributed by atoms with E-state index < -0.39 is 12.0 Å². The average Bonchev–Trinajstić information content (AvgIpc) is 2.61. The van der Waals surface area contributed by atoms with Gasteiger partial charge in [-0.3, -0.25) is 14.5 Å². The molecule has 1 heterocycles. The third kappa shape index (κ3) is 4.87. The summed E-state index contributed by atoms with van der Waals surface area (Å²) in [6.07, 6.45) is 3.73. The van der Waals surface area contributed by atoms with Crippen molar-refractivity contribution in [2.75, 3.05) is 26.7 Å². The summed E-state index contributed by atoms with van der Waals surface area (Å²) in [6.45, 7) is 1.16. The zero-order valence-electron chi connectivity index (χ0n) is 11.3. The van der Waals surface area contributed by atoms with Gasteiger partial charge in [-0.2, -0.15) is 5.26 Å². The molecule has 6 heteroatoms. The van der Waals surface area contributed by atoms with E-state index in [0.717, 1.165) is 19.3 Å². The van der Waals surface area contributed by atoms with Gasteiger partial charge in [0.25, 0.3) is 0 Å². The van der Waals surface area contributed by atoms with Crippen molar-refractivity contribution in [2.24, 2.45) is 0 Å². The lowest BCUT2D eigenvalue weighted by Gasteiger charge is -2.28. The molecular formula is C13H21N3O3. The lowest BCUT2D eigenvalue weighted by atomic mass is 10.1. The van der Waals surface area contributed by atoms with Gasteiger partial charge in [-0.05, 0) is 19.4 Å². The Bertz CT molecular complexity index is 365. The molecule has 0 aromatic heterocycles. The van der Waals surface area contributed by atoms with Gasteiger partial charge in [0.15, 0.2) is 0 Å². The van der Waals surface area contributed by atoms with Crippen LogP contribution in [-0.2, 0) is 9.59 Å². The number of nitrogens with zero attached hydrogens (tertiary/aromatic N) is 3. The molecular weight excluding hydrogens is 246 g/mol. The predicted octanol–water partition coefficient (Wildman–Crippen LogP) is 0.688. The topological polar surface area (TPSA) is 84.6 Å². The average molecular weight is 267 g/mol. The highest BCUT2D eigenvalue weighted by atomic mass is 16.4. The standard InChI is InChI=1S/C13H21N3O3/c1-15(8-5-7-14)12(17)10-16-9-4-2-3-6-11(16)13(18)19/h11H,2-6,8-10H2,1H3,(H,18,19). The molecule has 1 N–H and O–H groups in total. The zero-order chi connectivity index (χ0) is 14.3. The van der Waals surface area contributed by atoms with E-state index in [1.165, 1.54) is 4.90 Å². The molecule has 1 saturated heterocycles. The Morgan fingerprint density at radius 3 is 2.79 bits per heavy atom. The fraction of sp³-hybridized carbons (Fsp3) is 0.769. The van der Waals surface area contributed by atoms with Crippen molar-refractivity contribution in [3.05, 3.63) is 0 Å². The molecule has 1 rings (SSSR count). The van der Waals surface area contributed by atoms with Crippen molar-refractivity contribution >= 4 is 11.9 Å². The maximum Gasteiger partial charge on any atom is 0.320 e. The molecule has 19 heavy (non-hydrogen) atoms. The second-order valence-electron chi connectivity index (χ2n) is 4.90. The summed E-state index contributed by atoms with van der Waals surface area (Å²) < 4.78 is 0. The molecule has 0 saturated carbocycles. The number of carbonyl (C=O) groups is 2. The van der Waals surface area contributed by atoms with Crippen LogP contribution >= 0.6 is 0 Å². The van der Waals surface area contributed by atoms with Crippen LogP contribution in [0.4, 0.5) is 0 Å². The smallest absolute Gasteiger partial charge is 0.320 e. The number of carbonyl (C=O) groups excluding carboxylic acids is 1. The summed E-state index contributed by atoms with van der Waals surface area (Å²) in [5, 5.41) is 17.7. The molecule has 0 aliphatic carbocycles. The van der Waals surface area contributed by atoms with E-state index >= 15 is 0 Å². The quantitative estimate of drug-likeness (QED) is 0.792. The van der Waals surface area contributed by atoms with Crippen LogP contribution in [0.25, 0.3) is 0 Å². The van der Waals surface area contributed by atoms with Crippen LogP contribution in [0.5, 0.6) is 0 Å². The van der Waals surface area contributed by atoms with Crippen LogP contribution in [0, 0.1) is 11.3 Å². The first-order valence-corrected chi connectivity index (χ1v) is 6.64. The van der Waals surface area contributed by atoms with E-state index in [1.54, 1.807) is 11.9 Å². The third-order valence-electron chi connectivity index (χ3n) is 3.47. The minimum atomic E-state index is -0.852. The monoisotopic (exact) mass is 267 g/mol. The second-order valence-corrected chi connectivity index (χ2v) is 4.90. The molecule has 6 nitrogen and oxygen atoms in total. The molecule has 0 bridgehead atoms. The molecule has 0 aromatic carbocycles. The number of aliphatic carboxylic acids is 1. The van der Waals surface area contributed by atoms with Gasteiger partial charge in [-0.25, -0.2) is 0 Å². The first kappa shape index (κ1) is 15.4. The van der Waals surface area contributed by atoms with Gasteiger partial charge in [0, 0.05) is 13.6 Å². The summed E-state index contributed by atoms with van der Waals surface area (Å²) in [5.74, 6) is -0.974. The van der Waals surface area contributed by atoms with E-state index in [2.05, 4.69) is 0 Å². The van der Waals surface area contributed by atoms with Crippen molar-refractivity contribution in [3.63, 3.8) is 0 Å². The normalized spacial score (nSPS) is 20.3.